The molecule has 0 aromatic rings. The number of likely N-dealkylation sites (N-methyl/N-ethyl adjacent to an activating group) is 2. The van der Waals surface area contributed by atoms with Gasteiger partial charge in [0.2, 0.25) is 11.8 Å². The van der Waals surface area contributed by atoms with Crippen LogP contribution in [-0.2, 0) is 14.4 Å². The maximum absolute atomic E-state index is 12.7. The van der Waals surface area contributed by atoms with Crippen LogP contribution in [0.15, 0.2) is 0 Å². The van der Waals surface area contributed by atoms with Crippen molar-refractivity contribution >= 4 is 17.8 Å². The molecule has 27 heavy (non-hydrogen) atoms. The molecule has 2 amide bonds. The summed E-state index contributed by atoms with van der Waals surface area (Å²) in [6.07, 6.45) is 3.61. The minimum Gasteiger partial charge on any atom is -0.481 e. The first kappa shape index (κ1) is 23.4. The fraction of sp³-hybridized carbons (Fsp3) is 0.850. The molecule has 0 saturated heterocycles. The zero-order valence-corrected chi connectivity index (χ0v) is 17.7. The van der Waals surface area contributed by atoms with Gasteiger partial charge in [0.25, 0.3) is 0 Å². The van der Waals surface area contributed by atoms with Crippen LogP contribution in [0.25, 0.3) is 0 Å². The fourth-order valence-corrected chi connectivity index (χ4v) is 3.99. The van der Waals surface area contributed by atoms with Gasteiger partial charge in [-0.1, -0.05) is 33.6 Å². The van der Waals surface area contributed by atoms with Gasteiger partial charge in [-0.2, -0.15) is 0 Å². The van der Waals surface area contributed by atoms with Crippen molar-refractivity contribution in [1.29, 1.82) is 0 Å². The van der Waals surface area contributed by atoms with Crippen molar-refractivity contribution < 1.29 is 19.5 Å². The van der Waals surface area contributed by atoms with E-state index in [-0.39, 0.29) is 17.2 Å². The van der Waals surface area contributed by atoms with Crippen LogP contribution in [0, 0.1) is 17.3 Å². The lowest BCUT2D eigenvalue weighted by molar-refractivity contribution is -0.151. The molecule has 7 nitrogen and oxygen atoms in total. The Morgan fingerprint density at radius 3 is 2.11 bits per heavy atom. The van der Waals surface area contributed by atoms with E-state index in [1.807, 2.05) is 6.92 Å². The first-order valence-electron chi connectivity index (χ1n) is 9.86. The summed E-state index contributed by atoms with van der Waals surface area (Å²) in [5.41, 5.74) is -0.687. The predicted octanol–water partition coefficient (Wildman–Crippen LogP) is 1.87. The Morgan fingerprint density at radius 1 is 1.07 bits per heavy atom. The van der Waals surface area contributed by atoms with Gasteiger partial charge in [0, 0.05) is 20.1 Å². The lowest BCUT2D eigenvalue weighted by Gasteiger charge is -2.34. The summed E-state index contributed by atoms with van der Waals surface area (Å²) in [5, 5.41) is 15.4. The van der Waals surface area contributed by atoms with E-state index in [1.54, 1.807) is 19.0 Å². The van der Waals surface area contributed by atoms with E-state index >= 15 is 0 Å². The number of hydrogen-bond donors (Lipinski definition) is 3. The van der Waals surface area contributed by atoms with Gasteiger partial charge in [0.05, 0.1) is 17.4 Å². The largest absolute Gasteiger partial charge is 0.481 e. The zero-order valence-electron chi connectivity index (χ0n) is 17.7. The SMILES string of the molecule is CNC(C)(CC(C)(C)C)C(=O)NCCN(C)C(=O)C1CCCCC1C(=O)O. The first-order chi connectivity index (χ1) is 12.4. The van der Waals surface area contributed by atoms with E-state index in [0.29, 0.717) is 32.4 Å². The maximum atomic E-state index is 12.7. The van der Waals surface area contributed by atoms with E-state index in [2.05, 4.69) is 31.4 Å². The average molecular weight is 384 g/mol. The highest BCUT2D eigenvalue weighted by atomic mass is 16.4. The number of carbonyl (C=O) groups is 3. The summed E-state index contributed by atoms with van der Waals surface area (Å²) in [7, 11) is 3.45. The van der Waals surface area contributed by atoms with Crippen molar-refractivity contribution in [2.24, 2.45) is 17.3 Å². The summed E-state index contributed by atoms with van der Waals surface area (Å²) in [6.45, 7) is 8.85. The minimum atomic E-state index is -0.887. The van der Waals surface area contributed by atoms with Crippen molar-refractivity contribution in [2.75, 3.05) is 27.2 Å². The molecule has 1 aliphatic rings. The molecule has 0 aliphatic heterocycles. The summed E-state index contributed by atoms with van der Waals surface area (Å²) < 4.78 is 0. The summed E-state index contributed by atoms with van der Waals surface area (Å²) in [6, 6.07) is 0. The van der Waals surface area contributed by atoms with Crippen LogP contribution in [0.3, 0.4) is 0 Å². The van der Waals surface area contributed by atoms with Gasteiger partial charge in [-0.05, 0) is 38.6 Å². The highest BCUT2D eigenvalue weighted by Crippen LogP contribution is 2.31. The molecule has 1 fully saturated rings. The number of carboxylic acid groups (broad SMARTS) is 1. The number of nitrogens with one attached hydrogen (secondary N) is 2. The number of nitrogens with zero attached hydrogens (tertiary/aromatic N) is 1. The minimum absolute atomic E-state index is 0.00527. The molecule has 0 radical (unpaired) electrons. The lowest BCUT2D eigenvalue weighted by Crippen LogP contribution is -2.56. The molecule has 3 unspecified atom stereocenters. The second-order valence-electron chi connectivity index (χ2n) is 9.17. The molecule has 3 N–H and O–H groups in total. The second-order valence-corrected chi connectivity index (χ2v) is 9.17. The molecule has 0 aromatic heterocycles. The van der Waals surface area contributed by atoms with E-state index in [0.717, 1.165) is 12.8 Å². The quantitative estimate of drug-likeness (QED) is 0.594. The third-order valence-corrected chi connectivity index (χ3v) is 5.45. The second kappa shape index (κ2) is 9.53. The van der Waals surface area contributed by atoms with E-state index in [9.17, 15) is 19.5 Å². The Labute approximate surface area is 163 Å². The average Bonchev–Trinajstić information content (AvgIpc) is 2.59. The van der Waals surface area contributed by atoms with Crippen LogP contribution in [-0.4, -0.2) is 60.5 Å². The zero-order chi connectivity index (χ0) is 20.8. The molecule has 3 atom stereocenters. The van der Waals surface area contributed by atoms with Crippen molar-refractivity contribution in [1.82, 2.24) is 15.5 Å². The molecular weight excluding hydrogens is 346 g/mol. The Kier molecular flexibility index (Phi) is 8.26. The van der Waals surface area contributed by atoms with Crippen molar-refractivity contribution in [3.8, 4) is 0 Å². The van der Waals surface area contributed by atoms with Gasteiger partial charge in [-0.3, -0.25) is 14.4 Å². The molecule has 0 aromatic carbocycles. The van der Waals surface area contributed by atoms with Crippen molar-refractivity contribution in [3.05, 3.63) is 0 Å². The van der Waals surface area contributed by atoms with Crippen LogP contribution < -0.4 is 10.6 Å². The molecular formula is C20H37N3O4. The smallest absolute Gasteiger partial charge is 0.307 e. The van der Waals surface area contributed by atoms with E-state index in [4.69, 9.17) is 0 Å². The highest BCUT2D eigenvalue weighted by Gasteiger charge is 2.38. The monoisotopic (exact) mass is 383 g/mol. The summed E-state index contributed by atoms with van der Waals surface area (Å²) in [5.74, 6) is -2.17. The standard InChI is InChI=1S/C20H37N3O4/c1-19(2,3)13-20(4,21-5)18(27)22-11-12-23(6)16(24)14-9-7-8-10-15(14)17(25)26/h14-15,21H,7-13H2,1-6H3,(H,22,27)(H,25,26). The topological polar surface area (TPSA) is 98.7 Å². The Morgan fingerprint density at radius 2 is 1.63 bits per heavy atom. The van der Waals surface area contributed by atoms with Crippen LogP contribution in [0.5, 0.6) is 0 Å². The number of carbonyl (C=O) groups excluding carboxylic acids is 2. The van der Waals surface area contributed by atoms with Crippen molar-refractivity contribution in [3.63, 3.8) is 0 Å². The molecule has 1 saturated carbocycles. The van der Waals surface area contributed by atoms with Gasteiger partial charge in [0.1, 0.15) is 0 Å². The molecule has 1 rings (SSSR count). The Balaban J connectivity index is 2.58. The molecule has 1 aliphatic carbocycles. The maximum Gasteiger partial charge on any atom is 0.307 e. The van der Waals surface area contributed by atoms with Gasteiger partial charge in [0.15, 0.2) is 0 Å². The van der Waals surface area contributed by atoms with Gasteiger partial charge < -0.3 is 20.6 Å². The summed E-state index contributed by atoms with van der Waals surface area (Å²) >= 11 is 0. The lowest BCUT2D eigenvalue weighted by atomic mass is 9.78. The first-order valence-corrected chi connectivity index (χ1v) is 9.86. The molecule has 0 spiro atoms. The van der Waals surface area contributed by atoms with Crippen molar-refractivity contribution in [2.45, 2.75) is 65.3 Å². The number of amides is 2. The van der Waals surface area contributed by atoms with Crippen LogP contribution >= 0.6 is 0 Å². The number of aliphatic carboxylic acids is 1. The molecule has 0 heterocycles. The van der Waals surface area contributed by atoms with Crippen LogP contribution in [0.2, 0.25) is 0 Å². The normalized spacial score (nSPS) is 22.6. The number of hydrogen-bond acceptors (Lipinski definition) is 4. The van der Waals surface area contributed by atoms with Gasteiger partial charge in [-0.15, -0.1) is 0 Å². The third-order valence-electron chi connectivity index (χ3n) is 5.45. The molecule has 0 bridgehead atoms. The third kappa shape index (κ3) is 6.79. The van der Waals surface area contributed by atoms with E-state index < -0.39 is 23.3 Å². The highest BCUT2D eigenvalue weighted by molar-refractivity contribution is 5.86. The summed E-state index contributed by atoms with van der Waals surface area (Å²) in [4.78, 5) is 38.2. The van der Waals surface area contributed by atoms with Gasteiger partial charge >= 0.3 is 5.97 Å². The Bertz CT molecular complexity index is 544. The fourth-order valence-electron chi connectivity index (χ4n) is 3.99. The predicted molar refractivity (Wildman–Crippen MR) is 105 cm³/mol. The van der Waals surface area contributed by atoms with Crippen LogP contribution in [0.1, 0.15) is 59.8 Å². The van der Waals surface area contributed by atoms with Crippen LogP contribution in [0.4, 0.5) is 0 Å². The molecule has 7 heteroatoms. The number of rotatable bonds is 8. The number of carboxylic acids is 1. The van der Waals surface area contributed by atoms with Gasteiger partial charge in [-0.25, -0.2) is 0 Å². The Hall–Kier alpha value is -1.63. The van der Waals surface area contributed by atoms with E-state index in [1.165, 1.54) is 0 Å². The molecule has 156 valence electrons.